The molecular weight excluding hydrogens is 191 g/mol. The smallest absolute Gasteiger partial charge is 0.157 e. The molecule has 1 aromatic heterocycles. The van der Waals surface area contributed by atoms with Crippen LogP contribution in [0.4, 0.5) is 0 Å². The second-order valence-electron chi connectivity index (χ2n) is 3.95. The minimum absolute atomic E-state index is 0.00964. The van der Waals surface area contributed by atoms with Crippen LogP contribution in [0.25, 0.3) is 0 Å². The minimum Gasteiger partial charge on any atom is -0.353 e. The average Bonchev–Trinajstić information content (AvgIpc) is 2.66. The van der Waals surface area contributed by atoms with Gasteiger partial charge in [-0.2, -0.15) is 5.10 Å². The molecule has 2 heterocycles. The lowest BCUT2D eigenvalue weighted by Crippen LogP contribution is -2.24. The van der Waals surface area contributed by atoms with Crippen LogP contribution in [-0.4, -0.2) is 37.1 Å². The highest BCUT2D eigenvalue weighted by atomic mass is 16.7. The van der Waals surface area contributed by atoms with Gasteiger partial charge in [0.2, 0.25) is 0 Å². The summed E-state index contributed by atoms with van der Waals surface area (Å²) in [5, 5.41) is 4.19. The highest BCUT2D eigenvalue weighted by Crippen LogP contribution is 2.13. The average molecular weight is 208 g/mol. The van der Waals surface area contributed by atoms with Crippen LogP contribution in [0.3, 0.4) is 0 Å². The molecule has 0 radical (unpaired) electrons. The van der Waals surface area contributed by atoms with Crippen LogP contribution in [0.15, 0.2) is 12.4 Å². The third kappa shape index (κ3) is 3.36. The van der Waals surface area contributed by atoms with E-state index in [1.165, 1.54) is 11.9 Å². The summed E-state index contributed by atoms with van der Waals surface area (Å²) in [5.41, 5.74) is 1.18. The minimum atomic E-state index is 0.00964. The summed E-state index contributed by atoms with van der Waals surface area (Å²) >= 11 is 0. The molecule has 5 heteroatoms. The zero-order chi connectivity index (χ0) is 10.5. The van der Waals surface area contributed by atoms with Crippen molar-refractivity contribution in [2.75, 3.05) is 13.2 Å². The maximum Gasteiger partial charge on any atom is 0.157 e. The van der Waals surface area contributed by atoms with E-state index < -0.39 is 0 Å². The van der Waals surface area contributed by atoms with Crippen LogP contribution in [0.5, 0.6) is 0 Å². The van der Waals surface area contributed by atoms with Crippen molar-refractivity contribution >= 4 is 13.3 Å². The van der Waals surface area contributed by atoms with Gasteiger partial charge in [0.05, 0.1) is 13.2 Å². The molecule has 82 valence electrons. The lowest BCUT2D eigenvalue weighted by atomic mass is 10.0. The fourth-order valence-corrected chi connectivity index (χ4v) is 1.71. The summed E-state index contributed by atoms with van der Waals surface area (Å²) in [6, 6.07) is 0. The van der Waals surface area contributed by atoms with E-state index >= 15 is 0 Å². The van der Waals surface area contributed by atoms with E-state index in [1.54, 1.807) is 0 Å². The van der Waals surface area contributed by atoms with E-state index in [-0.39, 0.29) is 6.29 Å². The molecule has 1 aromatic rings. The predicted molar refractivity (Wildman–Crippen MR) is 59.9 cm³/mol. The normalized spacial score (nSPS) is 21.7. The molecule has 0 N–H and O–H groups in total. The zero-order valence-electron chi connectivity index (χ0n) is 9.19. The SMILES string of the molecule is Bc1cnn(CCOC2CCCCO2)c1. The highest BCUT2D eigenvalue weighted by Gasteiger charge is 2.13. The molecule has 0 spiro atoms. The molecule has 0 bridgehead atoms. The molecule has 0 aromatic carbocycles. The van der Waals surface area contributed by atoms with Gasteiger partial charge in [0.15, 0.2) is 6.29 Å². The summed E-state index contributed by atoms with van der Waals surface area (Å²) < 4.78 is 13.0. The number of nitrogens with zero attached hydrogens (tertiary/aromatic N) is 2. The maximum atomic E-state index is 5.61. The van der Waals surface area contributed by atoms with E-state index in [0.29, 0.717) is 6.61 Å². The number of aromatic nitrogens is 2. The molecule has 1 aliphatic rings. The second kappa shape index (κ2) is 5.33. The lowest BCUT2D eigenvalue weighted by Gasteiger charge is -2.22. The molecule has 1 atom stereocenters. The van der Waals surface area contributed by atoms with Crippen molar-refractivity contribution in [3.63, 3.8) is 0 Å². The van der Waals surface area contributed by atoms with Crippen LogP contribution >= 0.6 is 0 Å². The van der Waals surface area contributed by atoms with E-state index in [4.69, 9.17) is 9.47 Å². The first-order valence-electron chi connectivity index (χ1n) is 5.57. The first kappa shape index (κ1) is 10.7. The fourth-order valence-electron chi connectivity index (χ4n) is 1.71. The Morgan fingerprint density at radius 2 is 2.53 bits per heavy atom. The van der Waals surface area contributed by atoms with Gasteiger partial charge >= 0.3 is 0 Å². The van der Waals surface area contributed by atoms with E-state index in [2.05, 4.69) is 5.10 Å². The Bertz CT molecular complexity index is 297. The molecule has 4 nitrogen and oxygen atoms in total. The van der Waals surface area contributed by atoms with Gasteiger partial charge in [0.1, 0.15) is 7.85 Å². The molecule has 1 fully saturated rings. The van der Waals surface area contributed by atoms with Gasteiger partial charge in [-0.05, 0) is 19.3 Å². The van der Waals surface area contributed by atoms with Crippen LogP contribution in [0, 0.1) is 0 Å². The molecule has 1 saturated heterocycles. The summed E-state index contributed by atoms with van der Waals surface area (Å²) in [5.74, 6) is 0. The Kier molecular flexibility index (Phi) is 3.80. The summed E-state index contributed by atoms with van der Waals surface area (Å²) in [6.07, 6.45) is 7.29. The first-order chi connectivity index (χ1) is 7.34. The Morgan fingerprint density at radius 3 is 3.20 bits per heavy atom. The molecular formula is C10H17BN2O2. The van der Waals surface area contributed by atoms with Crippen LogP contribution in [0.2, 0.25) is 0 Å². The maximum absolute atomic E-state index is 5.61. The summed E-state index contributed by atoms with van der Waals surface area (Å²) in [6.45, 7) is 2.31. The molecule has 1 aliphatic heterocycles. The van der Waals surface area contributed by atoms with Crippen molar-refractivity contribution in [2.24, 2.45) is 0 Å². The second-order valence-corrected chi connectivity index (χ2v) is 3.95. The monoisotopic (exact) mass is 208 g/mol. The Hall–Kier alpha value is -0.805. The number of hydrogen-bond donors (Lipinski definition) is 0. The van der Waals surface area contributed by atoms with E-state index in [9.17, 15) is 0 Å². The lowest BCUT2D eigenvalue weighted by molar-refractivity contribution is -0.163. The van der Waals surface area contributed by atoms with Gasteiger partial charge in [-0.15, -0.1) is 0 Å². The summed E-state index contributed by atoms with van der Waals surface area (Å²) in [4.78, 5) is 0. The Morgan fingerprint density at radius 1 is 1.60 bits per heavy atom. The molecule has 0 aliphatic carbocycles. The van der Waals surface area contributed by atoms with Crippen LogP contribution < -0.4 is 5.46 Å². The first-order valence-corrected chi connectivity index (χ1v) is 5.57. The van der Waals surface area contributed by atoms with Gasteiger partial charge in [-0.25, -0.2) is 0 Å². The van der Waals surface area contributed by atoms with Gasteiger partial charge < -0.3 is 9.47 Å². The zero-order valence-corrected chi connectivity index (χ0v) is 9.19. The topological polar surface area (TPSA) is 36.3 Å². The molecule has 15 heavy (non-hydrogen) atoms. The highest BCUT2D eigenvalue weighted by molar-refractivity contribution is 6.31. The van der Waals surface area contributed by atoms with Crippen molar-refractivity contribution in [1.82, 2.24) is 9.78 Å². The van der Waals surface area contributed by atoms with Crippen molar-refractivity contribution in [3.05, 3.63) is 12.4 Å². The molecule has 1 unspecified atom stereocenters. The van der Waals surface area contributed by atoms with Crippen molar-refractivity contribution in [3.8, 4) is 0 Å². The Balaban J connectivity index is 1.65. The number of hydrogen-bond acceptors (Lipinski definition) is 3. The van der Waals surface area contributed by atoms with Crippen molar-refractivity contribution < 1.29 is 9.47 Å². The van der Waals surface area contributed by atoms with Crippen LogP contribution in [0.1, 0.15) is 19.3 Å². The van der Waals surface area contributed by atoms with Gasteiger partial charge in [0, 0.05) is 19.0 Å². The van der Waals surface area contributed by atoms with Gasteiger partial charge in [-0.3, -0.25) is 4.68 Å². The molecule has 0 saturated carbocycles. The standard InChI is InChI=1S/C10H17BN2O2/c11-9-7-12-13(8-9)4-6-15-10-3-1-2-5-14-10/h7-8,10H,1-6,11H2. The fraction of sp³-hybridized carbons (Fsp3) is 0.700. The molecule has 2 rings (SSSR count). The number of ether oxygens (including phenoxy) is 2. The quantitative estimate of drug-likeness (QED) is 0.636. The Labute approximate surface area is 91.0 Å². The van der Waals surface area contributed by atoms with Gasteiger partial charge in [0.25, 0.3) is 0 Å². The van der Waals surface area contributed by atoms with E-state index in [0.717, 1.165) is 26.0 Å². The van der Waals surface area contributed by atoms with E-state index in [1.807, 2.05) is 24.9 Å². The van der Waals surface area contributed by atoms with Gasteiger partial charge in [-0.1, -0.05) is 5.46 Å². The van der Waals surface area contributed by atoms with Crippen LogP contribution in [-0.2, 0) is 16.0 Å². The van der Waals surface area contributed by atoms with Crippen molar-refractivity contribution in [1.29, 1.82) is 0 Å². The predicted octanol–water partition coefficient (Wildman–Crippen LogP) is -0.315. The largest absolute Gasteiger partial charge is 0.353 e. The molecule has 0 amide bonds. The van der Waals surface area contributed by atoms with Crippen molar-refractivity contribution in [2.45, 2.75) is 32.1 Å². The summed E-state index contributed by atoms with van der Waals surface area (Å²) in [7, 11) is 2.04. The number of rotatable bonds is 4. The third-order valence-electron chi connectivity index (χ3n) is 2.52. The third-order valence-corrected chi connectivity index (χ3v) is 2.52.